The highest BCUT2D eigenvalue weighted by Gasteiger charge is 2.13. The molecule has 3 rings (SSSR count). The van der Waals surface area contributed by atoms with E-state index in [9.17, 15) is 0 Å². The van der Waals surface area contributed by atoms with Gasteiger partial charge in [0.05, 0.1) is 38.2 Å². The largest absolute Gasteiger partial charge is 0.370 e. The topological polar surface area (TPSA) is 67.9 Å². The molecule has 0 aliphatic carbocycles. The molecule has 0 bridgehead atoms. The molecule has 0 spiro atoms. The minimum absolute atomic E-state index is 0.547. The van der Waals surface area contributed by atoms with Crippen molar-refractivity contribution in [3.63, 3.8) is 0 Å². The molecular formula is C22H33N6OS+. The van der Waals surface area contributed by atoms with Gasteiger partial charge in [-0.2, -0.15) is 10.2 Å². The molecule has 1 aliphatic heterocycles. The first kappa shape index (κ1) is 22.4. The molecule has 1 saturated heterocycles. The molecule has 1 aromatic heterocycles. The molecule has 3 N–H and O–H groups in total. The van der Waals surface area contributed by atoms with Gasteiger partial charge in [-0.1, -0.05) is 29.8 Å². The number of nitrogens with one attached hydrogen (secondary N) is 3. The van der Waals surface area contributed by atoms with Crippen molar-refractivity contribution in [2.45, 2.75) is 33.7 Å². The molecule has 0 radical (unpaired) electrons. The second-order valence-electron chi connectivity index (χ2n) is 7.82. The summed E-state index contributed by atoms with van der Waals surface area (Å²) in [4.78, 5) is 1.61. The van der Waals surface area contributed by atoms with Crippen molar-refractivity contribution in [2.75, 3.05) is 39.4 Å². The smallest absolute Gasteiger partial charge is 0.186 e. The summed E-state index contributed by atoms with van der Waals surface area (Å²) in [5.74, 6) is 0. The monoisotopic (exact) mass is 429 g/mol. The standard InChI is InChI=1S/C22H32N6OS/c1-17-5-7-20(8-6-17)16-28-19(3)21(18(2)26-28)15-24-25-22(30)23-9-4-10-27-11-13-29-14-12-27/h5-8,15H,4,9-14,16H2,1-3H3,(H2,23,25,30)/p+1/b24-15-. The Hall–Kier alpha value is -2.29. The van der Waals surface area contributed by atoms with Crippen molar-refractivity contribution >= 4 is 23.5 Å². The first-order chi connectivity index (χ1) is 14.5. The Morgan fingerprint density at radius 3 is 2.70 bits per heavy atom. The van der Waals surface area contributed by atoms with E-state index in [0.29, 0.717) is 5.11 Å². The Bertz CT molecular complexity index is 855. The molecule has 30 heavy (non-hydrogen) atoms. The molecule has 0 saturated carbocycles. The zero-order valence-electron chi connectivity index (χ0n) is 18.2. The lowest BCUT2D eigenvalue weighted by molar-refractivity contribution is -0.908. The third-order valence-electron chi connectivity index (χ3n) is 5.44. The first-order valence-electron chi connectivity index (χ1n) is 10.6. The number of hydrogen-bond acceptors (Lipinski definition) is 4. The van der Waals surface area contributed by atoms with Crippen LogP contribution in [0, 0.1) is 20.8 Å². The van der Waals surface area contributed by atoms with E-state index in [2.05, 4.69) is 59.1 Å². The summed E-state index contributed by atoms with van der Waals surface area (Å²) in [6.45, 7) is 12.9. The van der Waals surface area contributed by atoms with E-state index < -0.39 is 0 Å². The fourth-order valence-electron chi connectivity index (χ4n) is 3.56. The van der Waals surface area contributed by atoms with Gasteiger partial charge in [-0.25, -0.2) is 0 Å². The zero-order valence-corrected chi connectivity index (χ0v) is 19.0. The molecule has 0 amide bonds. The van der Waals surface area contributed by atoms with E-state index >= 15 is 0 Å². The normalized spacial score (nSPS) is 14.9. The number of rotatable bonds is 8. The Morgan fingerprint density at radius 2 is 1.97 bits per heavy atom. The molecule has 0 unspecified atom stereocenters. The van der Waals surface area contributed by atoms with Gasteiger partial charge in [0.1, 0.15) is 13.1 Å². The highest BCUT2D eigenvalue weighted by Crippen LogP contribution is 2.13. The lowest BCUT2D eigenvalue weighted by Gasteiger charge is -2.23. The van der Waals surface area contributed by atoms with Gasteiger partial charge in [-0.05, 0) is 38.6 Å². The van der Waals surface area contributed by atoms with Crippen molar-refractivity contribution in [3.8, 4) is 0 Å². The van der Waals surface area contributed by atoms with Crippen molar-refractivity contribution < 1.29 is 9.64 Å². The van der Waals surface area contributed by atoms with Gasteiger partial charge in [-0.3, -0.25) is 10.1 Å². The second-order valence-corrected chi connectivity index (χ2v) is 8.23. The van der Waals surface area contributed by atoms with Crippen LogP contribution in [0.2, 0.25) is 0 Å². The summed E-state index contributed by atoms with van der Waals surface area (Å²) in [5, 5.41) is 12.7. The number of nitrogens with zero attached hydrogens (tertiary/aromatic N) is 3. The molecule has 2 heterocycles. The van der Waals surface area contributed by atoms with E-state index in [-0.39, 0.29) is 0 Å². The maximum Gasteiger partial charge on any atom is 0.186 e. The maximum absolute atomic E-state index is 5.39. The minimum atomic E-state index is 0.547. The van der Waals surface area contributed by atoms with Crippen molar-refractivity contribution in [1.29, 1.82) is 0 Å². The number of hydrazone groups is 1. The van der Waals surface area contributed by atoms with E-state index in [0.717, 1.165) is 69.3 Å². The Morgan fingerprint density at radius 1 is 1.23 bits per heavy atom. The molecule has 0 atom stereocenters. The number of thiocarbonyl (C=S) groups is 1. The Kier molecular flexibility index (Phi) is 8.36. The van der Waals surface area contributed by atoms with Crippen LogP contribution >= 0.6 is 12.2 Å². The molecule has 2 aromatic rings. The molecule has 8 heteroatoms. The van der Waals surface area contributed by atoms with E-state index in [4.69, 9.17) is 17.0 Å². The molecule has 1 fully saturated rings. The summed E-state index contributed by atoms with van der Waals surface area (Å²) in [6.07, 6.45) is 2.88. The van der Waals surface area contributed by atoms with Gasteiger partial charge >= 0.3 is 0 Å². The van der Waals surface area contributed by atoms with E-state index in [1.54, 1.807) is 11.1 Å². The van der Waals surface area contributed by atoms with Crippen LogP contribution < -0.4 is 15.6 Å². The summed E-state index contributed by atoms with van der Waals surface area (Å²) >= 11 is 5.32. The molecule has 162 valence electrons. The van der Waals surface area contributed by atoms with Crippen molar-refractivity contribution in [2.24, 2.45) is 5.10 Å². The maximum atomic E-state index is 5.39. The highest BCUT2D eigenvalue weighted by molar-refractivity contribution is 7.80. The highest BCUT2D eigenvalue weighted by atomic mass is 32.1. The molecule has 1 aliphatic rings. The third kappa shape index (κ3) is 6.62. The van der Waals surface area contributed by atoms with Crippen LogP contribution in [-0.2, 0) is 11.3 Å². The number of benzene rings is 1. The van der Waals surface area contributed by atoms with Crippen LogP contribution in [0.3, 0.4) is 0 Å². The predicted octanol–water partition coefficient (Wildman–Crippen LogP) is 0.960. The van der Waals surface area contributed by atoms with Gasteiger partial charge < -0.3 is 15.0 Å². The van der Waals surface area contributed by atoms with E-state index in [1.165, 1.54) is 11.1 Å². The van der Waals surface area contributed by atoms with Crippen LogP contribution in [0.5, 0.6) is 0 Å². The number of hydrogen-bond donors (Lipinski definition) is 3. The fraction of sp³-hybridized carbons (Fsp3) is 0.500. The van der Waals surface area contributed by atoms with Gasteiger partial charge in [0.2, 0.25) is 0 Å². The van der Waals surface area contributed by atoms with Crippen LogP contribution in [0.4, 0.5) is 0 Å². The Labute approximate surface area is 184 Å². The van der Waals surface area contributed by atoms with Crippen LogP contribution in [0.25, 0.3) is 0 Å². The van der Waals surface area contributed by atoms with Crippen molar-refractivity contribution in [1.82, 2.24) is 20.5 Å². The zero-order chi connectivity index (χ0) is 21.3. The van der Waals surface area contributed by atoms with Crippen molar-refractivity contribution in [3.05, 3.63) is 52.3 Å². The van der Waals surface area contributed by atoms with Gasteiger partial charge in [0.15, 0.2) is 5.11 Å². The Balaban J connectivity index is 1.44. The number of aryl methyl sites for hydroxylation is 2. The summed E-state index contributed by atoms with van der Waals surface area (Å²) < 4.78 is 7.41. The summed E-state index contributed by atoms with van der Waals surface area (Å²) in [5.41, 5.74) is 8.48. The molecule has 7 nitrogen and oxygen atoms in total. The van der Waals surface area contributed by atoms with Gasteiger partial charge in [0, 0.05) is 24.2 Å². The number of aromatic nitrogens is 2. The number of quaternary nitrogens is 1. The molecule has 1 aromatic carbocycles. The minimum Gasteiger partial charge on any atom is -0.370 e. The lowest BCUT2D eigenvalue weighted by Crippen LogP contribution is -3.14. The van der Waals surface area contributed by atoms with Crippen LogP contribution in [0.1, 0.15) is 34.5 Å². The summed E-state index contributed by atoms with van der Waals surface area (Å²) in [6, 6.07) is 8.55. The van der Waals surface area contributed by atoms with E-state index in [1.807, 2.05) is 11.6 Å². The van der Waals surface area contributed by atoms with Crippen LogP contribution in [0.15, 0.2) is 29.4 Å². The second kappa shape index (κ2) is 11.2. The lowest BCUT2D eigenvalue weighted by atomic mass is 10.1. The van der Waals surface area contributed by atoms with Gasteiger partial charge in [-0.15, -0.1) is 0 Å². The molecular weight excluding hydrogens is 396 g/mol. The quantitative estimate of drug-likeness (QED) is 0.252. The predicted molar refractivity (Wildman–Crippen MR) is 124 cm³/mol. The third-order valence-corrected chi connectivity index (χ3v) is 5.68. The fourth-order valence-corrected chi connectivity index (χ4v) is 3.72. The number of morpholine rings is 1. The average molecular weight is 430 g/mol. The average Bonchev–Trinajstić information content (AvgIpc) is 3.01. The summed E-state index contributed by atoms with van der Waals surface area (Å²) in [7, 11) is 0. The van der Waals surface area contributed by atoms with Crippen LogP contribution in [-0.4, -0.2) is 60.5 Å². The SMILES string of the molecule is Cc1ccc(Cn2nc(C)c(/C=N\NC(=S)NCCC[NH+]3CCOCC3)c2C)cc1. The first-order valence-corrected chi connectivity index (χ1v) is 11.0. The van der Waals surface area contributed by atoms with Gasteiger partial charge in [0.25, 0.3) is 0 Å². The number of ether oxygens (including phenoxy) is 1.